The zero-order chi connectivity index (χ0) is 14.9. The zero-order valence-corrected chi connectivity index (χ0v) is 12.7. The molecule has 1 saturated carbocycles. The molecule has 0 aromatic carbocycles. The fraction of sp³-hybridized carbons (Fsp3) is 0.625. The van der Waals surface area contributed by atoms with Crippen molar-refractivity contribution in [3.05, 3.63) is 23.9 Å². The molecule has 0 aliphatic heterocycles. The number of nitrogens with one attached hydrogen (secondary N) is 2. The van der Waals surface area contributed by atoms with Gasteiger partial charge in [-0.05, 0) is 24.5 Å². The highest BCUT2D eigenvalue weighted by atomic mass is 16.5. The molecule has 0 radical (unpaired) electrons. The number of pyridine rings is 1. The summed E-state index contributed by atoms with van der Waals surface area (Å²) in [6.07, 6.45) is 9.01. The lowest BCUT2D eigenvalue weighted by molar-refractivity contribution is -0.121. The number of aromatic nitrogens is 1. The van der Waals surface area contributed by atoms with Crippen LogP contribution in [-0.4, -0.2) is 30.6 Å². The summed E-state index contributed by atoms with van der Waals surface area (Å²) in [5, 5.41) is 6.29. The van der Waals surface area contributed by atoms with Gasteiger partial charge < -0.3 is 15.4 Å². The minimum Gasteiger partial charge on any atom is -0.481 e. The minimum absolute atomic E-state index is 0.0860. The molecular weight excluding hydrogens is 266 g/mol. The van der Waals surface area contributed by atoms with Crippen LogP contribution in [0.1, 0.15) is 44.1 Å². The van der Waals surface area contributed by atoms with E-state index in [0.717, 1.165) is 18.4 Å². The van der Waals surface area contributed by atoms with Gasteiger partial charge in [-0.1, -0.05) is 25.7 Å². The van der Waals surface area contributed by atoms with Gasteiger partial charge in [0.2, 0.25) is 11.8 Å². The Balaban J connectivity index is 1.68. The van der Waals surface area contributed by atoms with Gasteiger partial charge in [-0.15, -0.1) is 0 Å². The lowest BCUT2D eigenvalue weighted by atomic mass is 10.1. The Morgan fingerprint density at radius 3 is 2.81 bits per heavy atom. The first-order chi connectivity index (χ1) is 10.3. The van der Waals surface area contributed by atoms with E-state index in [2.05, 4.69) is 15.6 Å². The number of hydrogen-bond acceptors (Lipinski definition) is 4. The first-order valence-corrected chi connectivity index (χ1v) is 7.77. The Morgan fingerprint density at radius 1 is 1.33 bits per heavy atom. The van der Waals surface area contributed by atoms with Gasteiger partial charge in [0.05, 0.1) is 13.7 Å². The van der Waals surface area contributed by atoms with E-state index in [1.807, 2.05) is 12.1 Å². The molecule has 0 saturated heterocycles. The van der Waals surface area contributed by atoms with Crippen LogP contribution in [0.4, 0.5) is 0 Å². The normalized spacial score (nSPS) is 16.2. The monoisotopic (exact) mass is 291 g/mol. The fourth-order valence-electron chi connectivity index (χ4n) is 2.69. The predicted octanol–water partition coefficient (Wildman–Crippen LogP) is 2.02. The third-order valence-electron chi connectivity index (χ3n) is 3.84. The van der Waals surface area contributed by atoms with Crippen molar-refractivity contribution in [1.82, 2.24) is 15.6 Å². The van der Waals surface area contributed by atoms with Crippen molar-refractivity contribution in [2.45, 2.75) is 51.1 Å². The van der Waals surface area contributed by atoms with Crippen molar-refractivity contribution >= 4 is 5.91 Å². The lowest BCUT2D eigenvalue weighted by Crippen LogP contribution is -2.40. The molecule has 0 spiro atoms. The van der Waals surface area contributed by atoms with Crippen molar-refractivity contribution in [1.29, 1.82) is 0 Å². The van der Waals surface area contributed by atoms with Crippen molar-refractivity contribution in [2.75, 3.05) is 13.7 Å². The molecule has 21 heavy (non-hydrogen) atoms. The van der Waals surface area contributed by atoms with E-state index in [1.54, 1.807) is 13.3 Å². The topological polar surface area (TPSA) is 63.2 Å². The third kappa shape index (κ3) is 5.71. The van der Waals surface area contributed by atoms with Gasteiger partial charge in [0.25, 0.3) is 0 Å². The molecule has 2 rings (SSSR count). The summed E-state index contributed by atoms with van der Waals surface area (Å²) in [6.45, 7) is 0.984. The van der Waals surface area contributed by atoms with Gasteiger partial charge >= 0.3 is 0 Å². The quantitative estimate of drug-likeness (QED) is 0.787. The van der Waals surface area contributed by atoms with Crippen LogP contribution in [0.15, 0.2) is 18.3 Å². The van der Waals surface area contributed by atoms with E-state index >= 15 is 0 Å². The molecule has 1 aromatic heterocycles. The van der Waals surface area contributed by atoms with Crippen molar-refractivity contribution in [3.63, 3.8) is 0 Å². The molecule has 2 N–H and O–H groups in total. The summed E-state index contributed by atoms with van der Waals surface area (Å²) < 4.78 is 5.08. The number of rotatable bonds is 6. The van der Waals surface area contributed by atoms with Crippen molar-refractivity contribution in [2.24, 2.45) is 0 Å². The number of carbonyl (C=O) groups is 1. The number of nitrogens with zero attached hydrogens (tertiary/aromatic N) is 1. The standard InChI is InChI=1S/C16H25N3O2/c1-21-16-10-13(8-9-18-16)11-17-12-15(20)19-14-6-4-2-3-5-7-14/h8-10,14,17H,2-7,11-12H2,1H3,(H,19,20). The predicted molar refractivity (Wildman–Crippen MR) is 82.1 cm³/mol. The summed E-state index contributed by atoms with van der Waals surface area (Å²) in [5.74, 6) is 0.681. The molecule has 1 fully saturated rings. The van der Waals surface area contributed by atoms with Crippen molar-refractivity contribution < 1.29 is 9.53 Å². The molecule has 1 heterocycles. The molecule has 1 aromatic rings. The summed E-state index contributed by atoms with van der Waals surface area (Å²) in [7, 11) is 1.60. The van der Waals surface area contributed by atoms with Gasteiger partial charge in [0, 0.05) is 24.8 Å². The van der Waals surface area contributed by atoms with E-state index in [1.165, 1.54) is 25.7 Å². The highest BCUT2D eigenvalue weighted by Gasteiger charge is 2.14. The Bertz CT molecular complexity index is 443. The maximum atomic E-state index is 11.9. The van der Waals surface area contributed by atoms with E-state index in [4.69, 9.17) is 4.74 Å². The van der Waals surface area contributed by atoms with Crippen molar-refractivity contribution in [3.8, 4) is 5.88 Å². The highest BCUT2D eigenvalue weighted by Crippen LogP contribution is 2.17. The van der Waals surface area contributed by atoms with E-state index in [-0.39, 0.29) is 5.91 Å². The number of amides is 1. The molecule has 5 heteroatoms. The number of methoxy groups -OCH3 is 1. The van der Waals surface area contributed by atoms with E-state index < -0.39 is 0 Å². The van der Waals surface area contributed by atoms with Gasteiger partial charge in [-0.3, -0.25) is 4.79 Å². The first-order valence-electron chi connectivity index (χ1n) is 7.77. The zero-order valence-electron chi connectivity index (χ0n) is 12.7. The van der Waals surface area contributed by atoms with Crippen LogP contribution in [0.2, 0.25) is 0 Å². The average Bonchev–Trinajstić information content (AvgIpc) is 2.76. The largest absolute Gasteiger partial charge is 0.481 e. The van der Waals surface area contributed by atoms with Crippen LogP contribution in [0.5, 0.6) is 5.88 Å². The van der Waals surface area contributed by atoms with Gasteiger partial charge in [0.1, 0.15) is 0 Å². The summed E-state index contributed by atoms with van der Waals surface area (Å²) in [4.78, 5) is 16.0. The van der Waals surface area contributed by atoms with Crippen LogP contribution in [-0.2, 0) is 11.3 Å². The molecule has 0 unspecified atom stereocenters. The van der Waals surface area contributed by atoms with Crippen LogP contribution in [0, 0.1) is 0 Å². The van der Waals surface area contributed by atoms with Gasteiger partial charge in [-0.25, -0.2) is 4.98 Å². The molecule has 1 aliphatic rings. The second-order valence-electron chi connectivity index (χ2n) is 5.57. The Kier molecular flexibility index (Phi) is 6.47. The third-order valence-corrected chi connectivity index (χ3v) is 3.84. The van der Waals surface area contributed by atoms with Gasteiger partial charge in [0.15, 0.2) is 0 Å². The maximum absolute atomic E-state index is 11.9. The van der Waals surface area contributed by atoms with Crippen LogP contribution >= 0.6 is 0 Å². The number of ether oxygens (including phenoxy) is 1. The average molecular weight is 291 g/mol. The molecule has 1 amide bonds. The first kappa shape index (κ1) is 15.8. The molecular formula is C16H25N3O2. The highest BCUT2D eigenvalue weighted by molar-refractivity contribution is 5.78. The second kappa shape index (κ2) is 8.62. The van der Waals surface area contributed by atoms with E-state index in [9.17, 15) is 4.79 Å². The minimum atomic E-state index is 0.0860. The Hall–Kier alpha value is -1.62. The second-order valence-corrected chi connectivity index (χ2v) is 5.57. The number of carbonyl (C=O) groups excluding carboxylic acids is 1. The smallest absolute Gasteiger partial charge is 0.234 e. The molecule has 0 bridgehead atoms. The Labute approximate surface area is 126 Å². The Morgan fingerprint density at radius 2 is 2.10 bits per heavy atom. The molecule has 1 aliphatic carbocycles. The summed E-state index contributed by atoms with van der Waals surface area (Å²) >= 11 is 0. The lowest BCUT2D eigenvalue weighted by Gasteiger charge is -2.16. The molecule has 116 valence electrons. The summed E-state index contributed by atoms with van der Waals surface area (Å²) in [6, 6.07) is 4.15. The number of hydrogen-bond donors (Lipinski definition) is 2. The van der Waals surface area contributed by atoms with E-state index in [0.29, 0.717) is 25.0 Å². The SMILES string of the molecule is COc1cc(CNCC(=O)NC2CCCCCC2)ccn1. The molecule has 0 atom stereocenters. The van der Waals surface area contributed by atoms with Gasteiger partial charge in [-0.2, -0.15) is 0 Å². The maximum Gasteiger partial charge on any atom is 0.234 e. The van der Waals surface area contributed by atoms with Crippen LogP contribution < -0.4 is 15.4 Å². The van der Waals surface area contributed by atoms with Crippen LogP contribution in [0.3, 0.4) is 0 Å². The fourth-order valence-corrected chi connectivity index (χ4v) is 2.69. The molecule has 5 nitrogen and oxygen atoms in total. The summed E-state index contributed by atoms with van der Waals surface area (Å²) in [5.41, 5.74) is 1.06. The van der Waals surface area contributed by atoms with Crippen LogP contribution in [0.25, 0.3) is 0 Å².